The van der Waals surface area contributed by atoms with Crippen molar-refractivity contribution < 1.29 is 8.83 Å². The Morgan fingerprint density at radius 1 is 0.569 bits per heavy atom. The molecule has 0 spiro atoms. The predicted molar refractivity (Wildman–Crippen MR) is 212 cm³/mol. The highest BCUT2D eigenvalue weighted by Gasteiger charge is 2.21. The van der Waals surface area contributed by atoms with E-state index >= 15 is 0 Å². The standard InChI is InChI=1S/C45H33N3O2S/c46-44(27-11-2-1-3-12-27)48-45(34-18-10-22-40-42(34)33-15-5-7-21-39(33)51-40)47-26-29-13-8-17-31-35-25-28(23-24-37(35)50-43(29)31)30-16-9-20-38-41(30)32-14-4-6-19-36(32)49-38/h1-25,44-45,47-48H,26,46H2. The number of thiophene rings is 1. The first kappa shape index (κ1) is 30.1. The molecule has 2 unspecified atom stereocenters. The smallest absolute Gasteiger partial charge is 0.139 e. The van der Waals surface area contributed by atoms with Crippen molar-refractivity contribution in [2.24, 2.45) is 5.73 Å². The van der Waals surface area contributed by atoms with Crippen LogP contribution in [0.15, 0.2) is 160 Å². The average Bonchev–Trinajstić information content (AvgIpc) is 3.88. The number of fused-ring (bicyclic) bond motifs is 9. The quantitative estimate of drug-likeness (QED) is 0.139. The largest absolute Gasteiger partial charge is 0.456 e. The zero-order valence-electron chi connectivity index (χ0n) is 27.6. The van der Waals surface area contributed by atoms with Gasteiger partial charge in [-0.3, -0.25) is 10.6 Å². The number of para-hydroxylation sites is 2. The summed E-state index contributed by atoms with van der Waals surface area (Å²) in [5.74, 6) is 0. The van der Waals surface area contributed by atoms with Gasteiger partial charge in [0.15, 0.2) is 0 Å². The molecule has 7 aromatic carbocycles. The number of furan rings is 2. The summed E-state index contributed by atoms with van der Waals surface area (Å²) in [7, 11) is 0. The lowest BCUT2D eigenvalue weighted by molar-refractivity contribution is 0.388. The SMILES string of the molecule is NC(NC(NCc1cccc2c1oc1ccc(-c3cccc4oc5ccccc5c34)cc12)c1cccc2sc3ccccc3c12)c1ccccc1. The Morgan fingerprint density at radius 3 is 2.22 bits per heavy atom. The second-order valence-electron chi connectivity index (χ2n) is 13.1. The van der Waals surface area contributed by atoms with Crippen molar-refractivity contribution in [3.8, 4) is 11.1 Å². The fourth-order valence-corrected chi connectivity index (χ4v) is 8.77. The van der Waals surface area contributed by atoms with Crippen LogP contribution in [0, 0.1) is 0 Å². The maximum Gasteiger partial charge on any atom is 0.139 e. The summed E-state index contributed by atoms with van der Waals surface area (Å²) in [5.41, 5.74) is 15.9. The van der Waals surface area contributed by atoms with E-state index in [1.165, 1.54) is 25.7 Å². The van der Waals surface area contributed by atoms with Gasteiger partial charge in [0.2, 0.25) is 0 Å². The first-order valence-electron chi connectivity index (χ1n) is 17.2. The number of rotatable bonds is 8. The summed E-state index contributed by atoms with van der Waals surface area (Å²) in [4.78, 5) is 0. The lowest BCUT2D eigenvalue weighted by Gasteiger charge is -2.26. The Hall–Kier alpha value is -5.76. The highest BCUT2D eigenvalue weighted by atomic mass is 32.1. The van der Waals surface area contributed by atoms with Crippen molar-refractivity contribution in [3.05, 3.63) is 168 Å². The van der Waals surface area contributed by atoms with Crippen LogP contribution in [0.3, 0.4) is 0 Å². The molecule has 0 aliphatic rings. The molecule has 10 aromatic rings. The Kier molecular flexibility index (Phi) is 7.22. The van der Waals surface area contributed by atoms with Crippen LogP contribution in [0.2, 0.25) is 0 Å². The van der Waals surface area contributed by atoms with Crippen molar-refractivity contribution in [2.45, 2.75) is 18.9 Å². The molecule has 5 nitrogen and oxygen atoms in total. The fraction of sp³-hybridized carbons (Fsp3) is 0.0667. The normalized spacial score (nSPS) is 13.3. The molecular formula is C45H33N3O2S. The molecular weight excluding hydrogens is 647 g/mol. The number of benzene rings is 7. The Morgan fingerprint density at radius 2 is 1.29 bits per heavy atom. The van der Waals surface area contributed by atoms with E-state index < -0.39 is 0 Å². The van der Waals surface area contributed by atoms with Crippen molar-refractivity contribution >= 4 is 75.4 Å². The van der Waals surface area contributed by atoms with Gasteiger partial charge >= 0.3 is 0 Å². The maximum absolute atomic E-state index is 6.82. The molecule has 0 fully saturated rings. The summed E-state index contributed by atoms with van der Waals surface area (Å²) in [6.45, 7) is 0.571. The van der Waals surface area contributed by atoms with E-state index in [4.69, 9.17) is 14.6 Å². The summed E-state index contributed by atoms with van der Waals surface area (Å²) in [6, 6.07) is 52.8. The lowest BCUT2D eigenvalue weighted by atomic mass is 9.97. The van der Waals surface area contributed by atoms with E-state index in [9.17, 15) is 0 Å². The molecule has 0 radical (unpaired) electrons. The van der Waals surface area contributed by atoms with Gasteiger partial charge in [-0.2, -0.15) is 0 Å². The number of nitrogens with one attached hydrogen (secondary N) is 2. The summed E-state index contributed by atoms with van der Waals surface area (Å²) in [6.07, 6.45) is -0.612. The molecule has 4 N–H and O–H groups in total. The molecule has 0 saturated heterocycles. The van der Waals surface area contributed by atoms with Crippen LogP contribution in [-0.4, -0.2) is 0 Å². The summed E-state index contributed by atoms with van der Waals surface area (Å²) in [5, 5.41) is 14.5. The van der Waals surface area contributed by atoms with Crippen LogP contribution in [-0.2, 0) is 6.54 Å². The van der Waals surface area contributed by atoms with Crippen molar-refractivity contribution in [2.75, 3.05) is 0 Å². The van der Waals surface area contributed by atoms with Crippen LogP contribution in [0.4, 0.5) is 0 Å². The maximum atomic E-state index is 6.82. The summed E-state index contributed by atoms with van der Waals surface area (Å²) < 4.78 is 15.3. The minimum absolute atomic E-state index is 0.238. The Labute approximate surface area is 297 Å². The van der Waals surface area contributed by atoms with Gasteiger partial charge in [-0.25, -0.2) is 0 Å². The third-order valence-electron chi connectivity index (χ3n) is 10.0. The monoisotopic (exact) mass is 679 g/mol. The van der Waals surface area contributed by atoms with Crippen molar-refractivity contribution in [3.63, 3.8) is 0 Å². The molecule has 3 aromatic heterocycles. The molecule has 0 saturated carbocycles. The minimum Gasteiger partial charge on any atom is -0.456 e. The molecule has 10 rings (SSSR count). The molecule has 6 heteroatoms. The van der Waals surface area contributed by atoms with Crippen LogP contribution in [0.5, 0.6) is 0 Å². The van der Waals surface area contributed by atoms with Gasteiger partial charge in [0, 0.05) is 53.8 Å². The predicted octanol–water partition coefficient (Wildman–Crippen LogP) is 11.6. The van der Waals surface area contributed by atoms with Gasteiger partial charge in [0.05, 0.1) is 12.3 Å². The van der Waals surface area contributed by atoms with Crippen LogP contribution in [0.1, 0.15) is 29.0 Å². The Balaban J connectivity index is 1.04. The second-order valence-corrected chi connectivity index (χ2v) is 14.2. The third kappa shape index (κ3) is 5.11. The molecule has 2 atom stereocenters. The van der Waals surface area contributed by atoms with Gasteiger partial charge in [-0.1, -0.05) is 115 Å². The zero-order chi connectivity index (χ0) is 33.9. The molecule has 0 amide bonds. The lowest BCUT2D eigenvalue weighted by Crippen LogP contribution is -2.39. The number of nitrogens with two attached hydrogens (primary N) is 1. The second kappa shape index (κ2) is 12.2. The van der Waals surface area contributed by atoms with E-state index in [1.54, 1.807) is 0 Å². The molecule has 51 heavy (non-hydrogen) atoms. The van der Waals surface area contributed by atoms with Crippen LogP contribution < -0.4 is 16.4 Å². The van der Waals surface area contributed by atoms with Gasteiger partial charge < -0.3 is 14.6 Å². The molecule has 246 valence electrons. The average molecular weight is 680 g/mol. The summed E-state index contributed by atoms with van der Waals surface area (Å²) >= 11 is 1.82. The first-order chi connectivity index (χ1) is 25.2. The Bertz CT molecular complexity index is 2890. The van der Waals surface area contributed by atoms with Gasteiger partial charge in [-0.05, 0) is 58.7 Å². The zero-order valence-corrected chi connectivity index (χ0v) is 28.4. The highest BCUT2D eigenvalue weighted by molar-refractivity contribution is 7.25. The molecule has 0 aliphatic heterocycles. The van der Waals surface area contributed by atoms with E-state index in [-0.39, 0.29) is 12.3 Å². The first-order valence-corrected chi connectivity index (χ1v) is 18.1. The fourth-order valence-electron chi connectivity index (χ4n) is 7.63. The van der Waals surface area contributed by atoms with Gasteiger partial charge in [0.25, 0.3) is 0 Å². The molecule has 3 heterocycles. The van der Waals surface area contributed by atoms with E-state index in [1.807, 2.05) is 47.7 Å². The van der Waals surface area contributed by atoms with E-state index in [2.05, 4.69) is 126 Å². The topological polar surface area (TPSA) is 76.4 Å². The molecule has 0 bridgehead atoms. The van der Waals surface area contributed by atoms with Gasteiger partial charge in [-0.15, -0.1) is 11.3 Å². The van der Waals surface area contributed by atoms with Crippen LogP contribution in [0.25, 0.3) is 75.2 Å². The number of hydrogen-bond donors (Lipinski definition) is 3. The molecule has 0 aliphatic carbocycles. The van der Waals surface area contributed by atoms with E-state index in [0.29, 0.717) is 6.54 Å². The van der Waals surface area contributed by atoms with Crippen molar-refractivity contribution in [1.29, 1.82) is 0 Å². The highest BCUT2D eigenvalue weighted by Crippen LogP contribution is 2.41. The van der Waals surface area contributed by atoms with Crippen LogP contribution >= 0.6 is 11.3 Å². The minimum atomic E-state index is -0.374. The van der Waals surface area contributed by atoms with Crippen molar-refractivity contribution in [1.82, 2.24) is 10.6 Å². The van der Waals surface area contributed by atoms with Gasteiger partial charge in [0.1, 0.15) is 22.3 Å². The number of hydrogen-bond acceptors (Lipinski definition) is 6. The third-order valence-corrected chi connectivity index (χ3v) is 11.2. The van der Waals surface area contributed by atoms with E-state index in [0.717, 1.165) is 66.1 Å².